The molecule has 8 aromatic carbocycles. The van der Waals surface area contributed by atoms with Crippen molar-refractivity contribution in [1.29, 1.82) is 0 Å². The molecule has 13 rings (SSSR count). The van der Waals surface area contributed by atoms with Crippen LogP contribution in [0.25, 0.3) is 132 Å². The summed E-state index contributed by atoms with van der Waals surface area (Å²) in [5.74, 6) is 0. The van der Waals surface area contributed by atoms with Crippen molar-refractivity contribution in [2.45, 2.75) is 0 Å². The van der Waals surface area contributed by atoms with Crippen LogP contribution < -0.4 is 0 Å². The molecule has 5 heteroatoms. The second-order valence-electron chi connectivity index (χ2n) is 15.2. The summed E-state index contributed by atoms with van der Waals surface area (Å²) < 4.78 is 12.9. The molecule has 0 radical (unpaired) electrons. The van der Waals surface area contributed by atoms with E-state index in [4.69, 9.17) is 23.8 Å². The summed E-state index contributed by atoms with van der Waals surface area (Å²) in [6.07, 6.45) is 3.76. The van der Waals surface area contributed by atoms with Crippen LogP contribution in [0.2, 0.25) is 0 Å². The molecule has 5 aromatic heterocycles. The monoisotopic (exact) mass is 739 g/mol. The number of aromatic nitrogens is 3. The molecule has 0 aliphatic carbocycles. The van der Waals surface area contributed by atoms with Crippen molar-refractivity contribution >= 4 is 98.1 Å². The van der Waals surface area contributed by atoms with Crippen LogP contribution in [0.15, 0.2) is 185 Å². The van der Waals surface area contributed by atoms with Crippen LogP contribution >= 0.6 is 0 Å². The molecule has 0 unspecified atom stereocenters. The molecule has 5 heterocycles. The van der Waals surface area contributed by atoms with Crippen LogP contribution in [0.4, 0.5) is 0 Å². The molecular formula is C53H29N3O2. The summed E-state index contributed by atoms with van der Waals surface area (Å²) in [5, 5.41) is 13.6. The Morgan fingerprint density at radius 2 is 0.966 bits per heavy atom. The number of hydrogen-bond donors (Lipinski definition) is 0. The average molecular weight is 740 g/mol. The Balaban J connectivity index is 1.04. The number of furan rings is 2. The Kier molecular flexibility index (Phi) is 6.38. The highest BCUT2D eigenvalue weighted by molar-refractivity contribution is 6.28. The summed E-state index contributed by atoms with van der Waals surface area (Å²) in [7, 11) is 0. The summed E-state index contributed by atoms with van der Waals surface area (Å²) >= 11 is 0. The van der Waals surface area contributed by atoms with Crippen molar-refractivity contribution in [2.75, 3.05) is 0 Å². The van der Waals surface area contributed by atoms with Gasteiger partial charge in [0.15, 0.2) is 0 Å². The largest absolute Gasteiger partial charge is 0.456 e. The van der Waals surface area contributed by atoms with Crippen molar-refractivity contribution in [3.8, 4) is 33.5 Å². The van der Waals surface area contributed by atoms with E-state index in [0.717, 1.165) is 93.6 Å². The molecule has 0 atom stereocenters. The molecule has 13 aromatic rings. The van der Waals surface area contributed by atoms with E-state index in [9.17, 15) is 0 Å². The van der Waals surface area contributed by atoms with Gasteiger partial charge in [-0.3, -0.25) is 4.98 Å². The van der Waals surface area contributed by atoms with Gasteiger partial charge in [-0.1, -0.05) is 97.1 Å². The van der Waals surface area contributed by atoms with E-state index in [0.29, 0.717) is 5.71 Å². The number of hydrogen-bond acceptors (Lipinski definition) is 5. The van der Waals surface area contributed by atoms with Gasteiger partial charge in [0.05, 0.1) is 16.7 Å². The number of benzene rings is 8. The van der Waals surface area contributed by atoms with Gasteiger partial charge in [0.1, 0.15) is 16.7 Å². The minimum absolute atomic E-state index is 0.616. The lowest BCUT2D eigenvalue weighted by Crippen LogP contribution is -1.91. The topological polar surface area (TPSA) is 65.0 Å². The van der Waals surface area contributed by atoms with Gasteiger partial charge < -0.3 is 8.83 Å². The first-order valence-electron chi connectivity index (χ1n) is 19.5. The summed E-state index contributed by atoms with van der Waals surface area (Å²) in [5.41, 5.74) is 10.9. The predicted octanol–water partition coefficient (Wildman–Crippen LogP) is 14.4. The second-order valence-corrected chi connectivity index (χ2v) is 15.2. The van der Waals surface area contributed by atoms with E-state index >= 15 is 0 Å². The molecule has 0 spiro atoms. The standard InChI is InChI=1S/C53H29N3O2/c1-3-11-39-37(9-1)38-10-2-4-12-40(38)44-28-50-45(27-43(39)44)46-25-36(29-55-53(46)58-50)34-22-33(32-17-19-42-41-13-5-6-14-48(41)57-49(42)26-32)23-35(24-34)47-20-18-31-16-15-30-8-7-21-54-51(30)52(31)56-47/h1-29H. The van der Waals surface area contributed by atoms with Gasteiger partial charge in [-0.2, -0.15) is 0 Å². The van der Waals surface area contributed by atoms with Crippen molar-refractivity contribution in [2.24, 2.45) is 0 Å². The van der Waals surface area contributed by atoms with E-state index < -0.39 is 0 Å². The van der Waals surface area contributed by atoms with Crippen LogP contribution in [0.1, 0.15) is 0 Å². The number of nitrogens with zero attached hydrogens (tertiary/aromatic N) is 3. The zero-order valence-corrected chi connectivity index (χ0v) is 30.9. The zero-order chi connectivity index (χ0) is 37.9. The van der Waals surface area contributed by atoms with E-state index in [2.05, 4.69) is 146 Å². The lowest BCUT2D eigenvalue weighted by atomic mass is 9.93. The maximum atomic E-state index is 6.50. The first kappa shape index (κ1) is 31.3. The highest BCUT2D eigenvalue weighted by Gasteiger charge is 2.17. The minimum Gasteiger partial charge on any atom is -0.456 e. The Morgan fingerprint density at radius 3 is 1.78 bits per heavy atom. The molecule has 58 heavy (non-hydrogen) atoms. The van der Waals surface area contributed by atoms with Crippen molar-refractivity contribution in [1.82, 2.24) is 15.0 Å². The third kappa shape index (κ3) is 4.61. The zero-order valence-electron chi connectivity index (χ0n) is 30.9. The second kappa shape index (κ2) is 11.8. The minimum atomic E-state index is 0.616. The molecule has 268 valence electrons. The molecule has 0 aliphatic heterocycles. The predicted molar refractivity (Wildman–Crippen MR) is 238 cm³/mol. The van der Waals surface area contributed by atoms with Gasteiger partial charge in [0.2, 0.25) is 5.71 Å². The first-order valence-corrected chi connectivity index (χ1v) is 19.5. The van der Waals surface area contributed by atoms with E-state index in [1.807, 2.05) is 30.6 Å². The summed E-state index contributed by atoms with van der Waals surface area (Å²) in [4.78, 5) is 14.9. The lowest BCUT2D eigenvalue weighted by molar-refractivity contribution is 0.654. The maximum Gasteiger partial charge on any atom is 0.227 e. The molecule has 0 bridgehead atoms. The molecule has 0 N–H and O–H groups in total. The van der Waals surface area contributed by atoms with Gasteiger partial charge in [-0.25, -0.2) is 9.97 Å². The Hall–Kier alpha value is -7.89. The van der Waals surface area contributed by atoms with Gasteiger partial charge in [0.25, 0.3) is 0 Å². The quantitative estimate of drug-likeness (QED) is 0.169. The van der Waals surface area contributed by atoms with Crippen LogP contribution in [0, 0.1) is 0 Å². The number of fused-ring (bicyclic) bond motifs is 15. The van der Waals surface area contributed by atoms with Gasteiger partial charge in [-0.05, 0) is 116 Å². The van der Waals surface area contributed by atoms with E-state index in [-0.39, 0.29) is 0 Å². The van der Waals surface area contributed by atoms with Crippen molar-refractivity contribution < 1.29 is 8.83 Å². The molecule has 0 aliphatic rings. The molecule has 5 nitrogen and oxygen atoms in total. The molecular weight excluding hydrogens is 711 g/mol. The number of pyridine rings is 3. The van der Waals surface area contributed by atoms with Gasteiger partial charge in [-0.15, -0.1) is 0 Å². The third-order valence-electron chi connectivity index (χ3n) is 11.9. The fourth-order valence-electron chi connectivity index (χ4n) is 9.11. The average Bonchev–Trinajstić information content (AvgIpc) is 3.85. The Morgan fingerprint density at radius 1 is 0.328 bits per heavy atom. The molecule has 0 amide bonds. The van der Waals surface area contributed by atoms with E-state index in [1.54, 1.807) is 0 Å². The third-order valence-corrected chi connectivity index (χ3v) is 11.9. The number of para-hydroxylation sites is 1. The highest BCUT2D eigenvalue weighted by Crippen LogP contribution is 2.42. The first-order chi connectivity index (χ1) is 28.7. The Labute approximate surface area is 330 Å². The lowest BCUT2D eigenvalue weighted by Gasteiger charge is -2.12. The van der Waals surface area contributed by atoms with Crippen LogP contribution in [0.5, 0.6) is 0 Å². The fourth-order valence-corrected chi connectivity index (χ4v) is 9.11. The smallest absolute Gasteiger partial charge is 0.227 e. The van der Waals surface area contributed by atoms with Crippen LogP contribution in [-0.4, -0.2) is 15.0 Å². The van der Waals surface area contributed by atoms with Crippen molar-refractivity contribution in [3.63, 3.8) is 0 Å². The van der Waals surface area contributed by atoms with Gasteiger partial charge in [0, 0.05) is 55.8 Å². The summed E-state index contributed by atoms with van der Waals surface area (Å²) in [6.45, 7) is 0. The van der Waals surface area contributed by atoms with E-state index in [1.165, 1.54) is 32.3 Å². The Bertz CT molecular complexity index is 3880. The molecule has 0 fully saturated rings. The number of rotatable bonds is 3. The fraction of sp³-hybridized carbons (Fsp3) is 0. The molecule has 0 saturated carbocycles. The van der Waals surface area contributed by atoms with Crippen LogP contribution in [0.3, 0.4) is 0 Å². The normalized spacial score (nSPS) is 12.1. The van der Waals surface area contributed by atoms with Crippen LogP contribution in [-0.2, 0) is 0 Å². The summed E-state index contributed by atoms with van der Waals surface area (Å²) in [6, 6.07) is 57.9. The highest BCUT2D eigenvalue weighted by atomic mass is 16.3. The maximum absolute atomic E-state index is 6.50. The van der Waals surface area contributed by atoms with Gasteiger partial charge >= 0.3 is 0 Å². The van der Waals surface area contributed by atoms with Crippen molar-refractivity contribution in [3.05, 3.63) is 176 Å². The SMILES string of the molecule is c1cnc2c(c1)ccc1ccc(-c3cc(-c4ccc5c(c4)oc4ccccc45)cc(-c4cnc5oc6cc7c8ccccc8c8ccccc8c7cc6c5c4)c3)nc12. The molecule has 0 saturated heterocycles.